The van der Waals surface area contributed by atoms with Gasteiger partial charge in [-0.2, -0.15) is 0 Å². The highest BCUT2D eigenvalue weighted by molar-refractivity contribution is 6.30. The lowest BCUT2D eigenvalue weighted by Gasteiger charge is -2.35. The molecule has 1 heterocycles. The summed E-state index contributed by atoms with van der Waals surface area (Å²) in [6.07, 6.45) is 1.93. The highest BCUT2D eigenvalue weighted by Gasteiger charge is 2.17. The van der Waals surface area contributed by atoms with Crippen molar-refractivity contribution in [2.24, 2.45) is 5.73 Å². The molecule has 1 amide bonds. The second-order valence-electron chi connectivity index (χ2n) is 5.81. The number of nitrogens with two attached hydrogens (primary N) is 1. The van der Waals surface area contributed by atoms with Crippen molar-refractivity contribution in [2.45, 2.75) is 12.8 Å². The quantitative estimate of drug-likeness (QED) is 0.737. The third-order valence-corrected chi connectivity index (χ3v) is 4.23. The lowest BCUT2D eigenvalue weighted by molar-refractivity contribution is -0.117. The smallest absolute Gasteiger partial charge is 0.231 e. The van der Waals surface area contributed by atoms with E-state index in [2.05, 4.69) is 34.3 Å². The van der Waals surface area contributed by atoms with Crippen LogP contribution in [0.5, 0.6) is 0 Å². The Bertz CT molecular complexity index is 501. The molecule has 3 N–H and O–H groups in total. The molecular weight excluding hydrogens is 300 g/mol. The molecule has 1 saturated heterocycles. The van der Waals surface area contributed by atoms with Crippen LogP contribution < -0.4 is 16.0 Å². The third kappa shape index (κ3) is 5.16. The number of carbonyl (C=O) groups excluding carboxylic acids is 1. The lowest BCUT2D eigenvalue weighted by atomic mass is 10.1. The number of nitrogens with one attached hydrogen (secondary N) is 1. The number of anilines is 1. The maximum absolute atomic E-state index is 10.7. The molecule has 0 atom stereocenters. The monoisotopic (exact) mass is 324 g/mol. The molecule has 22 heavy (non-hydrogen) atoms. The van der Waals surface area contributed by atoms with Gasteiger partial charge in [-0.15, -0.1) is 0 Å². The van der Waals surface area contributed by atoms with E-state index in [1.165, 1.54) is 11.3 Å². The van der Waals surface area contributed by atoms with Gasteiger partial charge >= 0.3 is 0 Å². The topological polar surface area (TPSA) is 61.6 Å². The van der Waals surface area contributed by atoms with Crippen LogP contribution in [0, 0.1) is 0 Å². The zero-order chi connectivity index (χ0) is 15.9. The van der Waals surface area contributed by atoms with E-state index in [1.807, 2.05) is 6.07 Å². The van der Waals surface area contributed by atoms with Gasteiger partial charge in [-0.3, -0.25) is 4.79 Å². The molecule has 1 aliphatic rings. The van der Waals surface area contributed by atoms with Crippen LogP contribution in [0.25, 0.3) is 0 Å². The summed E-state index contributed by atoms with van der Waals surface area (Å²) < 4.78 is 0. The highest BCUT2D eigenvalue weighted by atomic mass is 35.5. The third-order valence-electron chi connectivity index (χ3n) is 3.99. The molecule has 122 valence electrons. The number of aryl methyl sites for hydroxylation is 1. The number of primary amides is 1. The Morgan fingerprint density at radius 1 is 1.32 bits per heavy atom. The Hall–Kier alpha value is -1.30. The van der Waals surface area contributed by atoms with Crippen molar-refractivity contribution in [3.8, 4) is 0 Å². The SMILES string of the molecule is CN1CCN(c2cc(Cl)ccc2CCCNCC(N)=O)CC1. The van der Waals surface area contributed by atoms with E-state index in [1.54, 1.807) is 0 Å². The molecule has 0 saturated carbocycles. The summed E-state index contributed by atoms with van der Waals surface area (Å²) >= 11 is 6.18. The minimum atomic E-state index is -0.315. The molecular formula is C16H25ClN4O. The summed E-state index contributed by atoms with van der Waals surface area (Å²) in [6.45, 7) is 5.24. The molecule has 0 aromatic heterocycles. The number of hydrogen-bond acceptors (Lipinski definition) is 4. The Morgan fingerprint density at radius 2 is 2.05 bits per heavy atom. The van der Waals surface area contributed by atoms with Gasteiger partial charge in [-0.25, -0.2) is 0 Å². The van der Waals surface area contributed by atoms with Crippen molar-refractivity contribution in [3.05, 3.63) is 28.8 Å². The molecule has 0 aliphatic carbocycles. The summed E-state index contributed by atoms with van der Waals surface area (Å²) in [4.78, 5) is 15.4. The number of rotatable bonds is 7. The van der Waals surface area contributed by atoms with Gasteiger partial charge in [0.1, 0.15) is 0 Å². The maximum atomic E-state index is 10.7. The first-order chi connectivity index (χ1) is 10.6. The predicted octanol–water partition coefficient (Wildman–Crippen LogP) is 1.10. The Balaban J connectivity index is 1.94. The minimum Gasteiger partial charge on any atom is -0.369 e. The minimum absolute atomic E-state index is 0.242. The second kappa shape index (κ2) is 8.36. The number of carbonyl (C=O) groups is 1. The van der Waals surface area contributed by atoms with Gasteiger partial charge in [0.05, 0.1) is 6.54 Å². The molecule has 1 aromatic carbocycles. The molecule has 0 radical (unpaired) electrons. The van der Waals surface area contributed by atoms with Gasteiger partial charge in [0.2, 0.25) is 5.91 Å². The normalized spacial score (nSPS) is 16.0. The fourth-order valence-electron chi connectivity index (χ4n) is 2.71. The first kappa shape index (κ1) is 17.1. The zero-order valence-electron chi connectivity index (χ0n) is 13.1. The highest BCUT2D eigenvalue weighted by Crippen LogP contribution is 2.27. The van der Waals surface area contributed by atoms with Gasteiger partial charge in [-0.05, 0) is 44.1 Å². The van der Waals surface area contributed by atoms with Crippen molar-refractivity contribution >= 4 is 23.2 Å². The average molecular weight is 325 g/mol. The van der Waals surface area contributed by atoms with Crippen LogP contribution in [-0.2, 0) is 11.2 Å². The van der Waals surface area contributed by atoms with E-state index in [0.717, 1.165) is 50.6 Å². The van der Waals surface area contributed by atoms with Crippen LogP contribution in [-0.4, -0.2) is 57.1 Å². The zero-order valence-corrected chi connectivity index (χ0v) is 13.9. The van der Waals surface area contributed by atoms with E-state index >= 15 is 0 Å². The van der Waals surface area contributed by atoms with Crippen molar-refractivity contribution in [1.29, 1.82) is 0 Å². The molecule has 2 rings (SSSR count). The number of likely N-dealkylation sites (N-methyl/N-ethyl adjacent to an activating group) is 1. The van der Waals surface area contributed by atoms with Gasteiger partial charge in [-0.1, -0.05) is 17.7 Å². The number of halogens is 1. The molecule has 5 nitrogen and oxygen atoms in total. The van der Waals surface area contributed by atoms with Crippen LogP contribution in [0.4, 0.5) is 5.69 Å². The molecule has 0 bridgehead atoms. The average Bonchev–Trinajstić information content (AvgIpc) is 2.49. The van der Waals surface area contributed by atoms with Crippen molar-refractivity contribution in [3.63, 3.8) is 0 Å². The van der Waals surface area contributed by atoms with E-state index < -0.39 is 0 Å². The van der Waals surface area contributed by atoms with Gasteiger partial charge in [0.15, 0.2) is 0 Å². The van der Waals surface area contributed by atoms with Crippen LogP contribution >= 0.6 is 11.6 Å². The fraction of sp³-hybridized carbons (Fsp3) is 0.562. The first-order valence-electron chi connectivity index (χ1n) is 7.77. The van der Waals surface area contributed by atoms with E-state index in [0.29, 0.717) is 0 Å². The number of nitrogens with zero attached hydrogens (tertiary/aromatic N) is 2. The van der Waals surface area contributed by atoms with Gasteiger partial charge in [0, 0.05) is 36.9 Å². The van der Waals surface area contributed by atoms with Crippen LogP contribution in [0.15, 0.2) is 18.2 Å². The molecule has 0 unspecified atom stereocenters. The fourth-order valence-corrected chi connectivity index (χ4v) is 2.87. The number of amides is 1. The summed E-state index contributed by atoms with van der Waals surface area (Å²) in [5, 5.41) is 3.83. The van der Waals surface area contributed by atoms with Crippen LogP contribution in [0.2, 0.25) is 5.02 Å². The lowest BCUT2D eigenvalue weighted by Crippen LogP contribution is -2.44. The molecule has 0 spiro atoms. The number of piperazine rings is 1. The molecule has 6 heteroatoms. The van der Waals surface area contributed by atoms with E-state index in [4.69, 9.17) is 17.3 Å². The summed E-state index contributed by atoms with van der Waals surface area (Å²) in [7, 11) is 2.15. The van der Waals surface area contributed by atoms with E-state index in [9.17, 15) is 4.79 Å². The van der Waals surface area contributed by atoms with Gasteiger partial charge in [0.25, 0.3) is 0 Å². The standard InChI is InChI=1S/C16H25ClN4O/c1-20-7-9-21(10-8-20)15-11-14(17)5-4-13(15)3-2-6-19-12-16(18)22/h4-5,11,19H,2-3,6-10,12H2,1H3,(H2,18,22). The van der Waals surface area contributed by atoms with E-state index in [-0.39, 0.29) is 12.5 Å². The van der Waals surface area contributed by atoms with Crippen LogP contribution in [0.3, 0.4) is 0 Å². The van der Waals surface area contributed by atoms with Crippen molar-refractivity contribution in [1.82, 2.24) is 10.2 Å². The molecule has 1 fully saturated rings. The van der Waals surface area contributed by atoms with Crippen LogP contribution in [0.1, 0.15) is 12.0 Å². The van der Waals surface area contributed by atoms with Gasteiger partial charge < -0.3 is 20.9 Å². The molecule has 1 aliphatic heterocycles. The second-order valence-corrected chi connectivity index (χ2v) is 6.25. The maximum Gasteiger partial charge on any atom is 0.231 e. The number of benzene rings is 1. The predicted molar refractivity (Wildman–Crippen MR) is 91.5 cm³/mol. The molecule has 1 aromatic rings. The summed E-state index contributed by atoms with van der Waals surface area (Å²) in [5.41, 5.74) is 7.67. The summed E-state index contributed by atoms with van der Waals surface area (Å²) in [6, 6.07) is 6.14. The Morgan fingerprint density at radius 3 is 2.73 bits per heavy atom. The summed E-state index contributed by atoms with van der Waals surface area (Å²) in [5.74, 6) is -0.315. The first-order valence-corrected chi connectivity index (χ1v) is 8.15. The number of hydrogen-bond donors (Lipinski definition) is 2. The Kier molecular flexibility index (Phi) is 6.49. The van der Waals surface area contributed by atoms with Crippen molar-refractivity contribution in [2.75, 3.05) is 51.2 Å². The van der Waals surface area contributed by atoms with Crippen molar-refractivity contribution < 1.29 is 4.79 Å². The Labute approximate surface area is 137 Å². The largest absolute Gasteiger partial charge is 0.369 e.